The number of aliphatic imine (C=N–C) groups is 1. The van der Waals surface area contributed by atoms with Crippen LogP contribution < -0.4 is 4.74 Å². The summed E-state index contributed by atoms with van der Waals surface area (Å²) in [5, 5.41) is 11.0. The average Bonchev–Trinajstić information content (AvgIpc) is 3.04. The van der Waals surface area contributed by atoms with Crippen LogP contribution in [0, 0.1) is 10.1 Å². The second-order valence-electron chi connectivity index (χ2n) is 6.05. The van der Waals surface area contributed by atoms with E-state index < -0.39 is 10.9 Å². The van der Waals surface area contributed by atoms with Crippen molar-refractivity contribution < 1.29 is 24.0 Å². The lowest BCUT2D eigenvalue weighted by Gasteiger charge is -2.03. The highest BCUT2D eigenvalue weighted by atomic mass is 35.5. The number of cyclic esters (lactones) is 1. The van der Waals surface area contributed by atoms with Crippen molar-refractivity contribution in [1.82, 2.24) is 0 Å². The highest BCUT2D eigenvalue weighted by Crippen LogP contribution is 2.27. The maximum absolute atomic E-state index is 12.1. The van der Waals surface area contributed by atoms with Crippen molar-refractivity contribution >= 4 is 41.2 Å². The quantitative estimate of drug-likeness (QED) is 0.229. The number of esters is 2. The second kappa shape index (κ2) is 8.66. The topological polar surface area (TPSA) is 108 Å². The lowest BCUT2D eigenvalue weighted by atomic mass is 10.2. The van der Waals surface area contributed by atoms with Gasteiger partial charge in [-0.25, -0.2) is 9.79 Å². The van der Waals surface area contributed by atoms with Crippen LogP contribution in [-0.4, -0.2) is 22.8 Å². The largest absolute Gasteiger partial charge is 0.427 e. The average molecular weight is 415 g/mol. The van der Waals surface area contributed by atoms with Gasteiger partial charge in [-0.3, -0.25) is 14.9 Å². The summed E-state index contributed by atoms with van der Waals surface area (Å²) < 4.78 is 10.3. The Morgan fingerprint density at radius 2 is 2.00 bits per heavy atom. The highest BCUT2D eigenvalue weighted by Gasteiger charge is 2.26. The fourth-order valence-corrected chi connectivity index (χ4v) is 2.68. The molecule has 1 aliphatic heterocycles. The molecule has 8 nitrogen and oxygen atoms in total. The van der Waals surface area contributed by atoms with Gasteiger partial charge in [-0.15, -0.1) is 0 Å². The molecule has 148 valence electrons. The first-order chi connectivity index (χ1) is 13.9. The lowest BCUT2D eigenvalue weighted by molar-refractivity contribution is -0.384. The second-order valence-corrected chi connectivity index (χ2v) is 6.46. The molecule has 0 radical (unpaired) electrons. The molecule has 29 heavy (non-hydrogen) atoms. The number of carbonyl (C=O) groups excluding carboxylic acids is 2. The van der Waals surface area contributed by atoms with Crippen LogP contribution in [0.2, 0.25) is 5.02 Å². The maximum atomic E-state index is 12.1. The zero-order chi connectivity index (χ0) is 21.0. The van der Waals surface area contributed by atoms with Crippen LogP contribution in [0.15, 0.2) is 53.2 Å². The number of nitrogens with zero attached hydrogens (tertiary/aromatic N) is 2. The maximum Gasteiger partial charge on any atom is 0.363 e. The monoisotopic (exact) mass is 414 g/mol. The fraction of sp³-hybridized carbons (Fsp3) is 0.150. The molecule has 0 saturated heterocycles. The van der Waals surface area contributed by atoms with Crippen molar-refractivity contribution in [3.05, 3.63) is 74.4 Å². The molecule has 1 aliphatic rings. The van der Waals surface area contributed by atoms with E-state index in [0.29, 0.717) is 24.2 Å². The van der Waals surface area contributed by atoms with E-state index in [1.54, 1.807) is 24.3 Å². The van der Waals surface area contributed by atoms with Crippen LogP contribution in [-0.2, 0) is 14.3 Å². The van der Waals surface area contributed by atoms with Crippen LogP contribution in [0.4, 0.5) is 5.69 Å². The standard InChI is InChI=1S/C20H15ClN2O6/c1-2-3-18(24)28-14-7-4-12(5-8-14)10-16-20(25)29-19(22-16)13-6-9-15(21)17(11-13)23(26)27/h4-11H,2-3H2,1H3/b16-10-. The zero-order valence-corrected chi connectivity index (χ0v) is 16.0. The predicted molar refractivity (Wildman–Crippen MR) is 106 cm³/mol. The number of ether oxygens (including phenoxy) is 2. The third-order valence-electron chi connectivity index (χ3n) is 3.88. The Morgan fingerprint density at radius 3 is 2.66 bits per heavy atom. The fourth-order valence-electron chi connectivity index (χ4n) is 2.49. The Kier molecular flexibility index (Phi) is 6.04. The van der Waals surface area contributed by atoms with Crippen LogP contribution in [0.3, 0.4) is 0 Å². The number of nitro groups is 1. The third kappa shape index (κ3) is 4.85. The Hall–Kier alpha value is -3.52. The van der Waals surface area contributed by atoms with Crippen LogP contribution in [0.5, 0.6) is 5.75 Å². The number of halogens is 1. The van der Waals surface area contributed by atoms with Gasteiger partial charge in [0.1, 0.15) is 10.8 Å². The molecular weight excluding hydrogens is 400 g/mol. The molecular formula is C20H15ClN2O6. The number of nitro benzene ring substituents is 1. The Balaban J connectivity index is 1.81. The summed E-state index contributed by atoms with van der Waals surface area (Å²) in [7, 11) is 0. The van der Waals surface area contributed by atoms with Crippen LogP contribution >= 0.6 is 11.6 Å². The van der Waals surface area contributed by atoms with Crippen LogP contribution in [0.25, 0.3) is 6.08 Å². The molecule has 0 amide bonds. The van der Waals surface area contributed by atoms with Crippen molar-refractivity contribution in [1.29, 1.82) is 0 Å². The normalized spacial score (nSPS) is 14.5. The summed E-state index contributed by atoms with van der Waals surface area (Å²) in [4.78, 5) is 38.1. The Labute approximate surface area is 170 Å². The first-order valence-electron chi connectivity index (χ1n) is 8.65. The number of rotatable bonds is 6. The molecule has 0 aliphatic carbocycles. The van der Waals surface area contributed by atoms with Gasteiger partial charge >= 0.3 is 11.9 Å². The summed E-state index contributed by atoms with van der Waals surface area (Å²) >= 11 is 5.79. The van der Waals surface area contributed by atoms with Gasteiger partial charge < -0.3 is 9.47 Å². The van der Waals surface area contributed by atoms with Crippen molar-refractivity contribution in [3.8, 4) is 5.75 Å². The third-order valence-corrected chi connectivity index (χ3v) is 4.20. The molecule has 1 heterocycles. The Bertz CT molecular complexity index is 1040. The first-order valence-corrected chi connectivity index (χ1v) is 9.03. The van der Waals surface area contributed by atoms with E-state index in [0.717, 1.165) is 0 Å². The summed E-state index contributed by atoms with van der Waals surface area (Å²) in [6, 6.07) is 10.5. The van der Waals surface area contributed by atoms with E-state index >= 15 is 0 Å². The van der Waals surface area contributed by atoms with Crippen molar-refractivity contribution in [2.45, 2.75) is 19.8 Å². The molecule has 9 heteroatoms. The van der Waals surface area contributed by atoms with Gasteiger partial charge in [0, 0.05) is 18.1 Å². The smallest absolute Gasteiger partial charge is 0.363 e. The van der Waals surface area contributed by atoms with Gasteiger partial charge in [0.25, 0.3) is 5.69 Å². The van der Waals surface area contributed by atoms with E-state index in [1.807, 2.05) is 6.92 Å². The van der Waals surface area contributed by atoms with E-state index in [4.69, 9.17) is 21.1 Å². The summed E-state index contributed by atoms with van der Waals surface area (Å²) in [6.45, 7) is 1.88. The molecule has 0 aromatic heterocycles. The first kappa shape index (κ1) is 20.2. The summed E-state index contributed by atoms with van der Waals surface area (Å²) in [6.07, 6.45) is 2.53. The molecule has 0 N–H and O–H groups in total. The van der Waals surface area contributed by atoms with E-state index in [9.17, 15) is 19.7 Å². The molecule has 0 bridgehead atoms. The lowest BCUT2D eigenvalue weighted by Crippen LogP contribution is -2.06. The molecule has 0 atom stereocenters. The Morgan fingerprint density at radius 1 is 1.28 bits per heavy atom. The molecule has 2 aromatic rings. The van der Waals surface area contributed by atoms with Gasteiger partial charge in [0.2, 0.25) is 5.90 Å². The van der Waals surface area contributed by atoms with Crippen molar-refractivity contribution in [2.75, 3.05) is 0 Å². The number of benzene rings is 2. The predicted octanol–water partition coefficient (Wildman–Crippen LogP) is 4.30. The van der Waals surface area contributed by atoms with Crippen molar-refractivity contribution in [3.63, 3.8) is 0 Å². The molecule has 0 fully saturated rings. The van der Waals surface area contributed by atoms with Gasteiger partial charge in [0.15, 0.2) is 5.70 Å². The summed E-state index contributed by atoms with van der Waals surface area (Å²) in [5.41, 5.74) is 0.622. The van der Waals surface area contributed by atoms with E-state index in [2.05, 4.69) is 4.99 Å². The number of carbonyl (C=O) groups is 2. The van der Waals surface area contributed by atoms with Gasteiger partial charge in [-0.2, -0.15) is 0 Å². The molecule has 0 unspecified atom stereocenters. The number of hydrogen-bond acceptors (Lipinski definition) is 7. The summed E-state index contributed by atoms with van der Waals surface area (Å²) in [5.74, 6) is -0.649. The highest BCUT2D eigenvalue weighted by molar-refractivity contribution is 6.32. The van der Waals surface area contributed by atoms with E-state index in [1.165, 1.54) is 24.3 Å². The minimum absolute atomic E-state index is 0.0285. The van der Waals surface area contributed by atoms with Gasteiger partial charge in [0.05, 0.1) is 4.92 Å². The molecule has 3 rings (SSSR count). The van der Waals surface area contributed by atoms with Crippen molar-refractivity contribution in [2.24, 2.45) is 4.99 Å². The van der Waals surface area contributed by atoms with Gasteiger partial charge in [-0.05, 0) is 42.3 Å². The molecule has 2 aromatic carbocycles. The zero-order valence-electron chi connectivity index (χ0n) is 15.3. The SMILES string of the molecule is CCCC(=O)Oc1ccc(/C=C2\N=C(c3ccc(Cl)c([N+](=O)[O-])c3)OC2=O)cc1. The minimum Gasteiger partial charge on any atom is -0.427 e. The number of hydrogen-bond donors (Lipinski definition) is 0. The molecule has 0 saturated carbocycles. The molecule has 0 spiro atoms. The van der Waals surface area contributed by atoms with Crippen LogP contribution in [0.1, 0.15) is 30.9 Å². The van der Waals surface area contributed by atoms with E-state index in [-0.39, 0.29) is 33.8 Å². The van der Waals surface area contributed by atoms with Gasteiger partial charge in [-0.1, -0.05) is 30.7 Å². The minimum atomic E-state index is -0.684.